The predicted octanol–water partition coefficient (Wildman–Crippen LogP) is 2.46. The van der Waals surface area contributed by atoms with Crippen LogP contribution in [0.5, 0.6) is 0 Å². The molecule has 0 aromatic carbocycles. The number of aromatic amines is 1. The van der Waals surface area contributed by atoms with Crippen LogP contribution in [0.25, 0.3) is 11.1 Å². The molecule has 2 heterocycles. The molecule has 2 rings (SSSR count). The molecule has 0 amide bonds. The van der Waals surface area contributed by atoms with E-state index in [1.165, 1.54) is 10.8 Å². The highest BCUT2D eigenvalue weighted by atomic mass is 35.5. The lowest BCUT2D eigenvalue weighted by Crippen LogP contribution is -2.31. The molecule has 0 saturated carbocycles. The van der Waals surface area contributed by atoms with E-state index in [9.17, 15) is 9.59 Å². The fourth-order valence-electron chi connectivity index (χ4n) is 2.44. The van der Waals surface area contributed by atoms with Crippen molar-refractivity contribution in [1.82, 2.24) is 14.5 Å². The summed E-state index contributed by atoms with van der Waals surface area (Å²) in [6, 6.07) is 3.39. The van der Waals surface area contributed by atoms with Gasteiger partial charge in [-0.2, -0.15) is 0 Å². The maximum absolute atomic E-state index is 12.1. The Morgan fingerprint density at radius 2 is 2.13 bits per heavy atom. The minimum atomic E-state index is -0.474. The summed E-state index contributed by atoms with van der Waals surface area (Å²) in [6.45, 7) is 2.54. The number of aryl methyl sites for hydroxylation is 1. The molecule has 0 aliphatic carbocycles. The van der Waals surface area contributed by atoms with E-state index in [1.807, 2.05) is 0 Å². The largest absolute Gasteiger partial charge is 0.381 e. The zero-order valence-corrected chi connectivity index (χ0v) is 14.0. The van der Waals surface area contributed by atoms with Crippen LogP contribution in [0.15, 0.2) is 34.1 Å². The summed E-state index contributed by atoms with van der Waals surface area (Å²) in [4.78, 5) is 30.3. The highest BCUT2D eigenvalue weighted by Crippen LogP contribution is 2.21. The van der Waals surface area contributed by atoms with E-state index in [1.54, 1.807) is 25.4 Å². The van der Waals surface area contributed by atoms with Crippen molar-refractivity contribution in [2.24, 2.45) is 0 Å². The summed E-state index contributed by atoms with van der Waals surface area (Å²) in [5.41, 5.74) is -0.0868. The van der Waals surface area contributed by atoms with Crippen molar-refractivity contribution in [3.05, 3.63) is 50.5 Å². The van der Waals surface area contributed by atoms with E-state index in [0.717, 1.165) is 12.8 Å². The second-order valence-corrected chi connectivity index (χ2v) is 5.63. The molecule has 1 atom stereocenters. The van der Waals surface area contributed by atoms with E-state index < -0.39 is 11.2 Å². The highest BCUT2D eigenvalue weighted by Gasteiger charge is 2.12. The molecule has 23 heavy (non-hydrogen) atoms. The van der Waals surface area contributed by atoms with Crippen LogP contribution in [-0.4, -0.2) is 27.7 Å². The van der Waals surface area contributed by atoms with Crippen LogP contribution in [0.3, 0.4) is 0 Å². The number of nitrogens with zero attached hydrogens (tertiary/aromatic N) is 2. The Kier molecular flexibility index (Phi) is 6.12. The van der Waals surface area contributed by atoms with E-state index in [-0.39, 0.29) is 11.3 Å². The minimum Gasteiger partial charge on any atom is -0.381 e. The third-order valence-corrected chi connectivity index (χ3v) is 4.00. The van der Waals surface area contributed by atoms with Crippen LogP contribution in [0, 0.1) is 0 Å². The Bertz CT molecular complexity index is 770. The lowest BCUT2D eigenvalue weighted by Gasteiger charge is -2.15. The molecule has 0 fully saturated rings. The molecule has 0 saturated heterocycles. The number of rotatable bonds is 7. The van der Waals surface area contributed by atoms with Crippen LogP contribution >= 0.6 is 11.6 Å². The van der Waals surface area contributed by atoms with E-state index in [4.69, 9.17) is 16.3 Å². The van der Waals surface area contributed by atoms with Crippen molar-refractivity contribution in [2.45, 2.75) is 38.8 Å². The average molecular weight is 338 g/mol. The van der Waals surface area contributed by atoms with Crippen molar-refractivity contribution in [2.75, 3.05) is 7.11 Å². The number of hydrogen-bond acceptors (Lipinski definition) is 4. The van der Waals surface area contributed by atoms with E-state index in [0.29, 0.717) is 24.1 Å². The van der Waals surface area contributed by atoms with Crippen LogP contribution in [0.1, 0.15) is 26.2 Å². The highest BCUT2D eigenvalue weighted by molar-refractivity contribution is 6.32. The lowest BCUT2D eigenvalue weighted by atomic mass is 10.1. The van der Waals surface area contributed by atoms with Gasteiger partial charge < -0.3 is 4.74 Å². The fraction of sp³-hybridized carbons (Fsp3) is 0.438. The number of pyridine rings is 1. The van der Waals surface area contributed by atoms with Gasteiger partial charge in [0.1, 0.15) is 5.15 Å². The van der Waals surface area contributed by atoms with Crippen molar-refractivity contribution < 1.29 is 4.74 Å². The first kappa shape index (κ1) is 17.4. The molecular formula is C16H20ClN3O3. The third-order valence-electron chi connectivity index (χ3n) is 3.70. The van der Waals surface area contributed by atoms with Crippen molar-refractivity contribution >= 4 is 11.6 Å². The van der Waals surface area contributed by atoms with Gasteiger partial charge in [0.2, 0.25) is 0 Å². The molecule has 0 aliphatic rings. The van der Waals surface area contributed by atoms with E-state index in [2.05, 4.69) is 16.9 Å². The Hall–Kier alpha value is -1.92. The molecule has 124 valence electrons. The molecule has 0 aliphatic heterocycles. The van der Waals surface area contributed by atoms with Crippen LogP contribution < -0.4 is 11.2 Å². The summed E-state index contributed by atoms with van der Waals surface area (Å²) in [6.07, 6.45) is 5.79. The molecule has 2 aromatic rings. The molecule has 1 unspecified atom stereocenters. The fourth-order valence-corrected chi connectivity index (χ4v) is 2.66. The summed E-state index contributed by atoms with van der Waals surface area (Å²) in [7, 11) is 1.66. The van der Waals surface area contributed by atoms with Gasteiger partial charge in [0.05, 0.1) is 11.7 Å². The van der Waals surface area contributed by atoms with E-state index >= 15 is 0 Å². The van der Waals surface area contributed by atoms with Crippen molar-refractivity contribution in [3.8, 4) is 11.1 Å². The van der Waals surface area contributed by atoms with Gasteiger partial charge in [-0.25, -0.2) is 9.78 Å². The lowest BCUT2D eigenvalue weighted by molar-refractivity contribution is 0.0832. The molecule has 1 N–H and O–H groups in total. The van der Waals surface area contributed by atoms with Gasteiger partial charge in [-0.05, 0) is 25.0 Å². The van der Waals surface area contributed by atoms with Gasteiger partial charge in [0, 0.05) is 31.6 Å². The van der Waals surface area contributed by atoms with Crippen LogP contribution in [0.2, 0.25) is 5.15 Å². The molecular weight excluding hydrogens is 318 g/mol. The number of halogens is 1. The maximum atomic E-state index is 12.1. The first-order valence-corrected chi connectivity index (χ1v) is 7.92. The zero-order chi connectivity index (χ0) is 16.8. The number of methoxy groups -OCH3 is 1. The minimum absolute atomic E-state index is 0.0873. The normalized spacial score (nSPS) is 12.3. The monoisotopic (exact) mass is 337 g/mol. The predicted molar refractivity (Wildman–Crippen MR) is 89.9 cm³/mol. The SMILES string of the molecule is CCCC(CCn1cc(-c2cccnc2Cl)c(=O)[nH]c1=O)OC. The topological polar surface area (TPSA) is 77.0 Å². The van der Waals surface area contributed by atoms with Gasteiger partial charge in [-0.3, -0.25) is 14.3 Å². The number of nitrogens with one attached hydrogen (secondary N) is 1. The van der Waals surface area contributed by atoms with Crippen molar-refractivity contribution in [1.29, 1.82) is 0 Å². The molecule has 0 spiro atoms. The summed E-state index contributed by atoms with van der Waals surface area (Å²) >= 11 is 6.04. The smallest absolute Gasteiger partial charge is 0.328 e. The molecule has 7 heteroatoms. The number of aromatic nitrogens is 3. The Morgan fingerprint density at radius 1 is 1.35 bits per heavy atom. The molecule has 0 bridgehead atoms. The van der Waals surface area contributed by atoms with Gasteiger partial charge in [0.25, 0.3) is 5.56 Å². The summed E-state index contributed by atoms with van der Waals surface area (Å²) < 4.78 is 6.87. The average Bonchev–Trinajstić information content (AvgIpc) is 2.53. The summed E-state index contributed by atoms with van der Waals surface area (Å²) in [5.74, 6) is 0. The third kappa shape index (κ3) is 4.30. The van der Waals surface area contributed by atoms with Crippen LogP contribution in [-0.2, 0) is 11.3 Å². The van der Waals surface area contributed by atoms with Crippen LogP contribution in [0.4, 0.5) is 0 Å². The number of hydrogen-bond donors (Lipinski definition) is 1. The van der Waals surface area contributed by atoms with Crippen molar-refractivity contribution in [3.63, 3.8) is 0 Å². The quantitative estimate of drug-likeness (QED) is 0.787. The molecule has 6 nitrogen and oxygen atoms in total. The van der Waals surface area contributed by atoms with Gasteiger partial charge in [-0.15, -0.1) is 0 Å². The Balaban J connectivity index is 2.32. The second kappa shape index (κ2) is 8.08. The first-order chi connectivity index (χ1) is 11.1. The molecule has 2 aromatic heterocycles. The first-order valence-electron chi connectivity index (χ1n) is 7.54. The zero-order valence-electron chi connectivity index (χ0n) is 13.2. The number of ether oxygens (including phenoxy) is 1. The Morgan fingerprint density at radius 3 is 2.78 bits per heavy atom. The summed E-state index contributed by atoms with van der Waals surface area (Å²) in [5, 5.41) is 0.226. The second-order valence-electron chi connectivity index (χ2n) is 5.27. The van der Waals surface area contributed by atoms with Gasteiger partial charge in [-0.1, -0.05) is 24.9 Å². The maximum Gasteiger partial charge on any atom is 0.328 e. The molecule has 0 radical (unpaired) electrons. The van der Waals surface area contributed by atoms with Gasteiger partial charge in [0.15, 0.2) is 0 Å². The Labute approximate surface area is 139 Å². The number of H-pyrrole nitrogens is 1. The standard InChI is InChI=1S/C16H20ClN3O3/c1-3-5-11(23-2)7-9-20-10-13(15(21)19-16(20)22)12-6-4-8-18-14(12)17/h4,6,8,10-11H,3,5,7,9H2,1-2H3,(H,19,21,22). The van der Waals surface area contributed by atoms with Gasteiger partial charge >= 0.3 is 5.69 Å².